The number of carboxylic acids is 1. The normalized spacial score (nSPS) is 12.0. The van der Waals surface area contributed by atoms with Gasteiger partial charge < -0.3 is 15.7 Å². The maximum atomic E-state index is 12.3. The third-order valence-electron chi connectivity index (χ3n) is 3.30. The maximum Gasteiger partial charge on any atom is 0.305 e. The van der Waals surface area contributed by atoms with Crippen LogP contribution in [0.2, 0.25) is 4.34 Å². The first kappa shape index (κ1) is 20.3. The van der Waals surface area contributed by atoms with Gasteiger partial charge in [0.2, 0.25) is 11.8 Å². The molecule has 7 nitrogen and oxygen atoms in total. The monoisotopic (exact) mass is 415 g/mol. The van der Waals surface area contributed by atoms with Gasteiger partial charge in [-0.1, -0.05) is 25.4 Å². The first-order valence-corrected chi connectivity index (χ1v) is 9.83. The molecule has 0 aliphatic carbocycles. The van der Waals surface area contributed by atoms with E-state index in [9.17, 15) is 14.4 Å². The highest BCUT2D eigenvalue weighted by molar-refractivity contribution is 7.16. The van der Waals surface area contributed by atoms with E-state index < -0.39 is 12.0 Å². The molecule has 26 heavy (non-hydrogen) atoms. The zero-order valence-corrected chi connectivity index (χ0v) is 16.5. The van der Waals surface area contributed by atoms with E-state index in [0.717, 1.165) is 0 Å². The predicted octanol–water partition coefficient (Wildman–Crippen LogP) is 3.33. The Labute approximate surface area is 163 Å². The van der Waals surface area contributed by atoms with Crippen LogP contribution in [0.3, 0.4) is 0 Å². The van der Waals surface area contributed by atoms with Crippen LogP contribution in [-0.2, 0) is 20.8 Å². The van der Waals surface area contributed by atoms with Crippen molar-refractivity contribution in [2.24, 2.45) is 5.92 Å². The van der Waals surface area contributed by atoms with Crippen LogP contribution in [0.15, 0.2) is 17.5 Å². The van der Waals surface area contributed by atoms with Crippen molar-refractivity contribution < 1.29 is 19.5 Å². The minimum atomic E-state index is -1.02. The fourth-order valence-corrected chi connectivity index (χ4v) is 3.84. The van der Waals surface area contributed by atoms with Gasteiger partial charge in [-0.25, -0.2) is 4.98 Å². The molecule has 2 aromatic rings. The van der Waals surface area contributed by atoms with Gasteiger partial charge >= 0.3 is 5.97 Å². The lowest BCUT2D eigenvalue weighted by atomic mass is 10.1. The number of halogens is 1. The number of aliphatic carboxylic acids is 1. The molecule has 2 amide bonds. The van der Waals surface area contributed by atoms with Crippen molar-refractivity contribution in [3.05, 3.63) is 32.4 Å². The molecular weight excluding hydrogens is 398 g/mol. The summed E-state index contributed by atoms with van der Waals surface area (Å²) < 4.78 is 0.523. The number of anilines is 1. The van der Waals surface area contributed by atoms with Crippen LogP contribution in [0.4, 0.5) is 5.13 Å². The van der Waals surface area contributed by atoms with Crippen LogP contribution in [0.25, 0.3) is 0 Å². The Bertz CT molecular complexity index is 803. The van der Waals surface area contributed by atoms with E-state index in [1.54, 1.807) is 31.4 Å². The average molecular weight is 416 g/mol. The van der Waals surface area contributed by atoms with Gasteiger partial charge in [0.1, 0.15) is 0 Å². The van der Waals surface area contributed by atoms with Gasteiger partial charge in [-0.05, 0) is 12.1 Å². The Balaban J connectivity index is 1.98. The Kier molecular flexibility index (Phi) is 7.13. The van der Waals surface area contributed by atoms with Gasteiger partial charge in [0.25, 0.3) is 0 Å². The van der Waals surface area contributed by atoms with E-state index in [0.29, 0.717) is 20.0 Å². The number of hydrogen-bond donors (Lipinski definition) is 3. The molecule has 3 N–H and O–H groups in total. The summed E-state index contributed by atoms with van der Waals surface area (Å²) in [6.45, 7) is 3.55. The number of nitrogens with zero attached hydrogens (tertiary/aromatic N) is 1. The fraction of sp³-hybridized carbons (Fsp3) is 0.375. The van der Waals surface area contributed by atoms with E-state index in [1.807, 2.05) is 0 Å². The molecule has 2 heterocycles. The van der Waals surface area contributed by atoms with Crippen molar-refractivity contribution in [3.8, 4) is 0 Å². The van der Waals surface area contributed by atoms with Crippen molar-refractivity contribution in [3.63, 3.8) is 0 Å². The van der Waals surface area contributed by atoms with Gasteiger partial charge in [-0.2, -0.15) is 0 Å². The third kappa shape index (κ3) is 6.08. The Hall–Kier alpha value is -1.97. The number of carbonyl (C=O) groups is 3. The summed E-state index contributed by atoms with van der Waals surface area (Å²) >= 11 is 8.35. The zero-order valence-electron chi connectivity index (χ0n) is 14.1. The summed E-state index contributed by atoms with van der Waals surface area (Å²) in [5.41, 5.74) is 0.504. The predicted molar refractivity (Wildman–Crippen MR) is 102 cm³/mol. The Morgan fingerprint density at radius 3 is 2.62 bits per heavy atom. The Morgan fingerprint density at radius 2 is 2.04 bits per heavy atom. The maximum absolute atomic E-state index is 12.3. The summed E-state index contributed by atoms with van der Waals surface area (Å²) in [6.07, 6.45) is -0.251. The number of thiophene rings is 1. The molecule has 0 saturated carbocycles. The highest BCUT2D eigenvalue weighted by atomic mass is 35.5. The molecule has 2 rings (SSSR count). The topological polar surface area (TPSA) is 108 Å². The number of amides is 2. The molecule has 10 heteroatoms. The molecule has 0 bridgehead atoms. The van der Waals surface area contributed by atoms with Crippen molar-refractivity contribution in [1.29, 1.82) is 0 Å². The number of rotatable bonds is 8. The molecule has 2 aromatic heterocycles. The van der Waals surface area contributed by atoms with Crippen molar-refractivity contribution in [2.45, 2.75) is 32.7 Å². The van der Waals surface area contributed by atoms with Gasteiger partial charge in [0.05, 0.1) is 28.9 Å². The molecule has 140 valence electrons. The largest absolute Gasteiger partial charge is 0.481 e. The van der Waals surface area contributed by atoms with Crippen LogP contribution in [-0.4, -0.2) is 27.9 Å². The molecule has 0 fully saturated rings. The van der Waals surface area contributed by atoms with Crippen molar-refractivity contribution in [1.82, 2.24) is 10.3 Å². The van der Waals surface area contributed by atoms with E-state index in [2.05, 4.69) is 15.6 Å². The second kappa shape index (κ2) is 9.11. The summed E-state index contributed by atoms with van der Waals surface area (Å²) in [6, 6.07) is 2.70. The molecule has 0 radical (unpaired) electrons. The number of carboxylic acid groups (broad SMARTS) is 1. The number of thiazole rings is 1. The van der Waals surface area contributed by atoms with E-state index in [1.165, 1.54) is 22.7 Å². The average Bonchev–Trinajstić information content (AvgIpc) is 3.15. The minimum Gasteiger partial charge on any atom is -0.481 e. The SMILES string of the molecule is CC(C)C(=O)Nc1nc(CC(=O)N[C@H](CC(=O)O)c2ccc(Cl)s2)cs1. The van der Waals surface area contributed by atoms with Crippen LogP contribution in [0.5, 0.6) is 0 Å². The highest BCUT2D eigenvalue weighted by Gasteiger charge is 2.20. The standard InChI is InChI=1S/C16H18ClN3O4S2/c1-8(2)15(24)20-16-18-9(7-25-16)5-13(21)19-10(6-14(22)23)11-3-4-12(17)26-11/h3-4,7-8,10H,5-6H2,1-2H3,(H,19,21)(H,22,23)(H,18,20,24)/t10-/m1/s1. The lowest BCUT2D eigenvalue weighted by molar-refractivity contribution is -0.137. The number of carbonyl (C=O) groups excluding carboxylic acids is 2. The number of hydrogen-bond acceptors (Lipinski definition) is 6. The van der Waals surface area contributed by atoms with Gasteiger partial charge in [0.15, 0.2) is 5.13 Å². The first-order valence-electron chi connectivity index (χ1n) is 7.76. The fourth-order valence-electron chi connectivity index (χ4n) is 2.02. The molecule has 1 atom stereocenters. The number of nitrogens with one attached hydrogen (secondary N) is 2. The van der Waals surface area contributed by atoms with Crippen LogP contribution in [0, 0.1) is 5.92 Å². The second-order valence-electron chi connectivity index (χ2n) is 5.82. The van der Waals surface area contributed by atoms with Crippen LogP contribution < -0.4 is 10.6 Å². The quantitative estimate of drug-likeness (QED) is 0.612. The van der Waals surface area contributed by atoms with E-state index in [-0.39, 0.29) is 30.6 Å². The summed E-state index contributed by atoms with van der Waals surface area (Å²) in [7, 11) is 0. The lowest BCUT2D eigenvalue weighted by Crippen LogP contribution is -2.31. The van der Waals surface area contributed by atoms with Crippen molar-refractivity contribution >= 4 is 57.2 Å². The lowest BCUT2D eigenvalue weighted by Gasteiger charge is -2.15. The molecule has 0 aliphatic heterocycles. The smallest absolute Gasteiger partial charge is 0.305 e. The highest BCUT2D eigenvalue weighted by Crippen LogP contribution is 2.29. The van der Waals surface area contributed by atoms with Gasteiger partial charge in [-0.3, -0.25) is 14.4 Å². The number of aromatic nitrogens is 1. The molecule has 0 unspecified atom stereocenters. The molecule has 0 saturated heterocycles. The third-order valence-corrected chi connectivity index (χ3v) is 5.45. The van der Waals surface area contributed by atoms with E-state index in [4.69, 9.17) is 16.7 Å². The summed E-state index contributed by atoms with van der Waals surface area (Å²) in [5, 5.41) is 16.6. The van der Waals surface area contributed by atoms with Gasteiger partial charge in [0, 0.05) is 16.2 Å². The minimum absolute atomic E-state index is 0.0106. The summed E-state index contributed by atoms with van der Waals surface area (Å²) in [5.74, 6) is -1.69. The Morgan fingerprint density at radius 1 is 1.31 bits per heavy atom. The molecular formula is C16H18ClN3O4S2. The second-order valence-corrected chi connectivity index (χ2v) is 8.43. The van der Waals surface area contributed by atoms with Crippen LogP contribution in [0.1, 0.15) is 36.9 Å². The molecule has 0 spiro atoms. The van der Waals surface area contributed by atoms with Crippen molar-refractivity contribution in [2.75, 3.05) is 5.32 Å². The zero-order chi connectivity index (χ0) is 19.3. The van der Waals surface area contributed by atoms with Gasteiger partial charge in [-0.15, -0.1) is 22.7 Å². The molecule has 0 aromatic carbocycles. The van der Waals surface area contributed by atoms with Crippen LogP contribution >= 0.6 is 34.3 Å². The summed E-state index contributed by atoms with van der Waals surface area (Å²) in [4.78, 5) is 39.9. The molecule has 0 aliphatic rings. The van der Waals surface area contributed by atoms with E-state index >= 15 is 0 Å². The first-order chi connectivity index (χ1) is 12.2.